The molecule has 0 aliphatic rings. The zero-order valence-corrected chi connectivity index (χ0v) is 8.60. The van der Waals surface area contributed by atoms with E-state index in [0.717, 1.165) is 11.6 Å². The molecule has 3 nitrogen and oxygen atoms in total. The van der Waals surface area contributed by atoms with E-state index in [1.54, 1.807) is 0 Å². The molecule has 0 fully saturated rings. The summed E-state index contributed by atoms with van der Waals surface area (Å²) >= 11 is 6.01. The Kier molecular flexibility index (Phi) is 6.01. The van der Waals surface area contributed by atoms with Crippen molar-refractivity contribution in [2.75, 3.05) is 13.2 Å². The summed E-state index contributed by atoms with van der Waals surface area (Å²) in [5.74, 6) is 0. The summed E-state index contributed by atoms with van der Waals surface area (Å²) in [4.78, 5) is 0. The average molecular weight is 201 g/mol. The van der Waals surface area contributed by atoms with Gasteiger partial charge in [0, 0.05) is 18.7 Å². The molecule has 0 rings (SSSR count). The highest BCUT2D eigenvalue weighted by Gasteiger charge is 2.30. The van der Waals surface area contributed by atoms with E-state index in [1.807, 2.05) is 13.8 Å². The minimum atomic E-state index is -2.17. The Morgan fingerprint density at radius 1 is 1.70 bits per heavy atom. The highest BCUT2D eigenvalue weighted by atomic mass is 32.9. The molecule has 0 aromatic carbocycles. The zero-order valence-electron chi connectivity index (χ0n) is 6.07. The van der Waals surface area contributed by atoms with Crippen LogP contribution in [0.5, 0.6) is 0 Å². The molecule has 0 amide bonds. The maximum Gasteiger partial charge on any atom is 0.478 e. The van der Waals surface area contributed by atoms with Crippen LogP contribution in [0, 0.1) is 0 Å². The molecule has 1 radical (unpaired) electrons. The second-order valence-electron chi connectivity index (χ2n) is 1.39. The molecule has 61 valence electrons. The van der Waals surface area contributed by atoms with E-state index in [9.17, 15) is 0 Å². The summed E-state index contributed by atoms with van der Waals surface area (Å²) in [5.41, 5.74) is -2.17. The lowest BCUT2D eigenvalue weighted by molar-refractivity contribution is 0.280. The van der Waals surface area contributed by atoms with E-state index in [2.05, 4.69) is 0 Å². The van der Waals surface area contributed by atoms with Gasteiger partial charge in [-0.15, -0.1) is 0 Å². The predicted molar refractivity (Wildman–Crippen MR) is 49.3 cm³/mol. The molecular formula is C4H12NO2PS2+. The summed E-state index contributed by atoms with van der Waals surface area (Å²) in [6.45, 7) is 4.86. The molecule has 6 heteroatoms. The smallest absolute Gasteiger partial charge is 0.278 e. The van der Waals surface area contributed by atoms with Gasteiger partial charge >= 0.3 is 5.69 Å². The van der Waals surface area contributed by atoms with Crippen molar-refractivity contribution in [1.29, 1.82) is 0 Å². The lowest BCUT2D eigenvalue weighted by Crippen LogP contribution is -1.94. The van der Waals surface area contributed by atoms with Gasteiger partial charge in [-0.25, -0.2) is 0 Å². The zero-order chi connectivity index (χ0) is 8.04. The predicted octanol–water partition coefficient (Wildman–Crippen LogP) is 1.89. The van der Waals surface area contributed by atoms with Crippen LogP contribution >= 0.6 is 17.3 Å². The fourth-order valence-corrected chi connectivity index (χ4v) is 2.87. The molecule has 10 heavy (non-hydrogen) atoms. The molecule has 0 unspecified atom stereocenters. The summed E-state index contributed by atoms with van der Waals surface area (Å²) in [7, 11) is 0. The van der Waals surface area contributed by atoms with Crippen molar-refractivity contribution in [2.45, 2.75) is 13.8 Å². The van der Waals surface area contributed by atoms with Crippen molar-refractivity contribution < 1.29 is 9.05 Å². The summed E-state index contributed by atoms with van der Waals surface area (Å²) < 4.78 is 10.3. The molecule has 0 bridgehead atoms. The Balaban J connectivity index is 3.83. The van der Waals surface area contributed by atoms with E-state index in [0.29, 0.717) is 13.2 Å². The summed E-state index contributed by atoms with van der Waals surface area (Å²) in [6, 6.07) is 0. The lowest BCUT2D eigenvalue weighted by Gasteiger charge is -2.03. The minimum Gasteiger partial charge on any atom is -0.278 e. The fraction of sp³-hybridized carbons (Fsp3) is 1.00. The fourth-order valence-electron chi connectivity index (χ4n) is 0.414. The van der Waals surface area contributed by atoms with Gasteiger partial charge in [0.25, 0.3) is 0 Å². The molecule has 0 heterocycles. The first-order chi connectivity index (χ1) is 4.68. The van der Waals surface area contributed by atoms with Crippen LogP contribution in [0.4, 0.5) is 0 Å². The molecule has 0 atom stereocenters. The van der Waals surface area contributed by atoms with Crippen molar-refractivity contribution in [1.82, 2.24) is 0 Å². The van der Waals surface area contributed by atoms with E-state index in [-0.39, 0.29) is 0 Å². The Morgan fingerprint density at radius 2 is 2.30 bits per heavy atom. The first-order valence-electron chi connectivity index (χ1n) is 2.96. The van der Waals surface area contributed by atoms with Crippen LogP contribution in [-0.4, -0.2) is 13.2 Å². The van der Waals surface area contributed by atoms with Gasteiger partial charge < -0.3 is 0 Å². The largest absolute Gasteiger partial charge is 0.478 e. The molecule has 0 aromatic rings. The molecular weight excluding hydrogens is 189 g/mol. The molecule has 0 spiro atoms. The quantitative estimate of drug-likeness (QED) is 0.418. The monoisotopic (exact) mass is 201 g/mol. The molecule has 2 N–H and O–H groups in total. The first kappa shape index (κ1) is 10.9. The van der Waals surface area contributed by atoms with Gasteiger partial charge in [0.15, 0.2) is 0 Å². The van der Waals surface area contributed by atoms with E-state index in [1.165, 1.54) is 0 Å². The number of rotatable bonds is 5. The van der Waals surface area contributed by atoms with Crippen molar-refractivity contribution in [3.8, 4) is 0 Å². The lowest BCUT2D eigenvalue weighted by atomic mass is 10.9. The van der Waals surface area contributed by atoms with Crippen molar-refractivity contribution in [3.63, 3.8) is 0 Å². The Labute approximate surface area is 70.7 Å². The molecule has 0 aliphatic heterocycles. The van der Waals surface area contributed by atoms with Crippen LogP contribution in [0.15, 0.2) is 0 Å². The van der Waals surface area contributed by atoms with Gasteiger partial charge in [-0.1, -0.05) is 4.52 Å². The maximum absolute atomic E-state index is 5.29. The van der Waals surface area contributed by atoms with Gasteiger partial charge in [0.1, 0.15) is 0 Å². The van der Waals surface area contributed by atoms with Gasteiger partial charge in [0.05, 0.1) is 18.2 Å². The summed E-state index contributed by atoms with van der Waals surface area (Å²) in [5, 5.41) is 5.29. The van der Waals surface area contributed by atoms with Crippen molar-refractivity contribution >= 4 is 29.1 Å². The molecule has 0 aliphatic carbocycles. The third kappa shape index (κ3) is 3.91. The standard InChI is InChI=1S/C4H12NO2PS2/c1-3-6-8(9,10-5)7-4-2/h3-5H2,1-2H3/q+1. The normalized spacial score (nSPS) is 16.7. The van der Waals surface area contributed by atoms with Gasteiger partial charge in [-0.2, -0.15) is 0 Å². The third-order valence-corrected chi connectivity index (χ3v) is 4.92. The molecule has 0 saturated carbocycles. The number of hydrogen-bond acceptors (Lipinski definition) is 5. The third-order valence-electron chi connectivity index (χ3n) is 0.704. The van der Waals surface area contributed by atoms with Gasteiger partial charge in [-0.05, 0) is 6.92 Å². The Morgan fingerprint density at radius 3 is 2.60 bits per heavy atom. The highest BCUT2D eigenvalue weighted by molar-refractivity contribution is 8.67. The van der Waals surface area contributed by atoms with Crippen LogP contribution < -0.4 is 5.14 Å². The van der Waals surface area contributed by atoms with Gasteiger partial charge in [-0.3, -0.25) is 9.66 Å². The minimum absolute atomic E-state index is 0.557. The van der Waals surface area contributed by atoms with Gasteiger partial charge in [0.2, 0.25) is 6.61 Å². The topological polar surface area (TPSA) is 46.5 Å². The van der Waals surface area contributed by atoms with Crippen LogP contribution in [0.25, 0.3) is 0 Å². The van der Waals surface area contributed by atoms with E-state index >= 15 is 0 Å². The Hall–Kier alpha value is 0.880. The maximum atomic E-state index is 5.29. The average Bonchev–Trinajstić information content (AvgIpc) is 1.89. The highest BCUT2D eigenvalue weighted by Crippen LogP contribution is 2.57. The summed E-state index contributed by atoms with van der Waals surface area (Å²) in [6.07, 6.45) is 0. The first-order valence-corrected chi connectivity index (χ1v) is 7.08. The van der Waals surface area contributed by atoms with E-state index < -0.39 is 5.69 Å². The Bertz CT molecular complexity index is 122. The van der Waals surface area contributed by atoms with Crippen molar-refractivity contribution in [3.05, 3.63) is 0 Å². The SMILES string of the molecule is CCOP(=S)([O+]CC)SN. The van der Waals surface area contributed by atoms with Crippen LogP contribution in [0.1, 0.15) is 13.8 Å². The molecule has 0 aromatic heterocycles. The van der Waals surface area contributed by atoms with E-state index in [4.69, 9.17) is 26.0 Å². The van der Waals surface area contributed by atoms with Crippen LogP contribution in [0.3, 0.4) is 0 Å². The van der Waals surface area contributed by atoms with Crippen molar-refractivity contribution in [2.24, 2.45) is 5.14 Å². The molecule has 0 saturated heterocycles. The second kappa shape index (κ2) is 5.52. The number of hydrogen-bond donors (Lipinski definition) is 1. The van der Waals surface area contributed by atoms with Crippen LogP contribution in [0.2, 0.25) is 0 Å². The number of nitrogens with two attached hydrogens (primary N) is 1. The second-order valence-corrected chi connectivity index (χ2v) is 7.22. The van der Waals surface area contributed by atoms with Crippen LogP contribution in [-0.2, 0) is 20.9 Å².